The summed E-state index contributed by atoms with van der Waals surface area (Å²) >= 11 is 13.5. The Balaban J connectivity index is 1.79. The number of carbonyl (C=O) groups excluding carboxylic acids is 1. The molecule has 5 nitrogen and oxygen atoms in total. The van der Waals surface area contributed by atoms with Crippen molar-refractivity contribution < 1.29 is 14.4 Å². The van der Waals surface area contributed by atoms with Gasteiger partial charge in [0.15, 0.2) is 5.13 Å². The zero-order chi connectivity index (χ0) is 18.8. The van der Waals surface area contributed by atoms with E-state index in [1.165, 1.54) is 23.2 Å². The molecule has 1 aliphatic rings. The summed E-state index contributed by atoms with van der Waals surface area (Å²) in [7, 11) is 0. The van der Waals surface area contributed by atoms with Crippen LogP contribution in [-0.4, -0.2) is 36.2 Å². The number of amides is 1. The number of morpholine rings is 1. The second kappa shape index (κ2) is 8.23. The van der Waals surface area contributed by atoms with Gasteiger partial charge in [-0.1, -0.05) is 23.2 Å². The van der Waals surface area contributed by atoms with Crippen molar-refractivity contribution in [2.75, 3.05) is 18.0 Å². The van der Waals surface area contributed by atoms with E-state index in [1.54, 1.807) is 23.1 Å². The van der Waals surface area contributed by atoms with Gasteiger partial charge < -0.3 is 9.64 Å². The number of aromatic nitrogens is 1. The predicted molar refractivity (Wildman–Crippen MR) is 106 cm³/mol. The molecule has 140 valence electrons. The first-order chi connectivity index (χ1) is 12.3. The van der Waals surface area contributed by atoms with Gasteiger partial charge in [-0.15, -0.1) is 11.3 Å². The molecule has 3 rings (SSSR count). The van der Waals surface area contributed by atoms with E-state index in [0.717, 1.165) is 25.3 Å². The second-order valence-electron chi connectivity index (χ2n) is 6.67. The smallest absolute Gasteiger partial charge is 0.230 e. The normalized spacial score (nSPS) is 23.0. The molecule has 0 saturated carbocycles. The quantitative estimate of drug-likeness (QED) is 0.834. The number of halogens is 2. The van der Waals surface area contributed by atoms with Gasteiger partial charge in [-0.05, 0) is 32.0 Å². The van der Waals surface area contributed by atoms with Crippen molar-refractivity contribution >= 4 is 51.3 Å². The number of nitrogens with one attached hydrogen (secondary N) is 1. The molecule has 1 aliphatic heterocycles. The summed E-state index contributed by atoms with van der Waals surface area (Å²) in [6.45, 7) is 8.45. The van der Waals surface area contributed by atoms with Crippen molar-refractivity contribution in [2.45, 2.75) is 39.5 Å². The van der Waals surface area contributed by atoms with Crippen molar-refractivity contribution in [1.82, 2.24) is 4.98 Å². The Hall–Kier alpha value is -1.18. The SMILES string of the molecule is CC(=O)N(c1ccc(Cl)c(Cl)c1)c1nc(C[NH+]2C[C@@H](C)O[C@@H](C)C2)cs1. The zero-order valence-electron chi connectivity index (χ0n) is 15.0. The minimum atomic E-state index is -0.120. The van der Waals surface area contributed by atoms with Crippen molar-refractivity contribution in [3.63, 3.8) is 0 Å². The molecule has 1 amide bonds. The third kappa shape index (κ3) is 4.56. The number of rotatable bonds is 4. The fourth-order valence-electron chi connectivity index (χ4n) is 3.32. The molecule has 3 atom stereocenters. The Morgan fingerprint density at radius 1 is 1.31 bits per heavy atom. The maximum Gasteiger partial charge on any atom is 0.230 e. The maximum atomic E-state index is 12.2. The number of ether oxygens (including phenoxy) is 1. The number of thiazole rings is 1. The molecule has 8 heteroatoms. The first-order valence-electron chi connectivity index (χ1n) is 8.52. The molecule has 1 aromatic heterocycles. The molecule has 0 aliphatic carbocycles. The van der Waals surface area contributed by atoms with Crippen molar-refractivity contribution in [1.29, 1.82) is 0 Å². The average Bonchev–Trinajstić information content (AvgIpc) is 2.97. The van der Waals surface area contributed by atoms with E-state index in [9.17, 15) is 4.79 Å². The van der Waals surface area contributed by atoms with Gasteiger partial charge in [0.1, 0.15) is 37.5 Å². The summed E-state index contributed by atoms with van der Waals surface area (Å²) in [6, 6.07) is 5.14. The van der Waals surface area contributed by atoms with Crippen molar-refractivity contribution in [2.24, 2.45) is 0 Å². The van der Waals surface area contributed by atoms with Crippen LogP contribution in [0.3, 0.4) is 0 Å². The Bertz CT molecular complexity index is 788. The van der Waals surface area contributed by atoms with Gasteiger partial charge in [-0.25, -0.2) is 4.98 Å². The summed E-state index contributed by atoms with van der Waals surface area (Å²) in [4.78, 5) is 19.9. The van der Waals surface area contributed by atoms with Crippen LogP contribution in [0.1, 0.15) is 26.5 Å². The minimum Gasteiger partial charge on any atom is -0.364 e. The number of carbonyl (C=O) groups is 1. The van der Waals surface area contributed by atoms with Gasteiger partial charge in [0.2, 0.25) is 5.91 Å². The highest BCUT2D eigenvalue weighted by atomic mass is 35.5. The monoisotopic (exact) mass is 414 g/mol. The van der Waals surface area contributed by atoms with Crippen LogP contribution in [0.25, 0.3) is 0 Å². The first-order valence-corrected chi connectivity index (χ1v) is 10.2. The number of hydrogen-bond acceptors (Lipinski definition) is 4. The number of benzene rings is 1. The van der Waals surface area contributed by atoms with Crippen LogP contribution in [-0.2, 0) is 16.1 Å². The van der Waals surface area contributed by atoms with Crippen LogP contribution in [0.2, 0.25) is 10.0 Å². The zero-order valence-corrected chi connectivity index (χ0v) is 17.3. The second-order valence-corrected chi connectivity index (χ2v) is 8.32. The third-order valence-corrected chi connectivity index (χ3v) is 5.87. The molecular formula is C18H22Cl2N3O2S+. The Labute approximate surface area is 167 Å². The van der Waals surface area contributed by atoms with Crippen molar-refractivity contribution in [3.8, 4) is 0 Å². The molecule has 0 radical (unpaired) electrons. The summed E-state index contributed by atoms with van der Waals surface area (Å²) in [5.74, 6) is -0.120. The molecule has 1 aromatic carbocycles. The van der Waals surface area contributed by atoms with Gasteiger partial charge >= 0.3 is 0 Å². The maximum absolute atomic E-state index is 12.2. The molecule has 0 bridgehead atoms. The highest BCUT2D eigenvalue weighted by Gasteiger charge is 2.27. The minimum absolute atomic E-state index is 0.120. The fraction of sp³-hybridized carbons (Fsp3) is 0.444. The van der Waals surface area contributed by atoms with Gasteiger partial charge in [0, 0.05) is 12.3 Å². The number of quaternary nitrogens is 1. The highest BCUT2D eigenvalue weighted by molar-refractivity contribution is 7.14. The van der Waals surface area contributed by atoms with Crippen LogP contribution in [0, 0.1) is 0 Å². The Morgan fingerprint density at radius 3 is 2.62 bits per heavy atom. The van der Waals surface area contributed by atoms with Crippen LogP contribution >= 0.6 is 34.5 Å². The van der Waals surface area contributed by atoms with Crippen LogP contribution in [0.5, 0.6) is 0 Å². The average molecular weight is 415 g/mol. The van der Waals surface area contributed by atoms with E-state index in [0.29, 0.717) is 20.9 Å². The van der Waals surface area contributed by atoms with E-state index >= 15 is 0 Å². The van der Waals surface area contributed by atoms with E-state index in [-0.39, 0.29) is 18.1 Å². The lowest BCUT2D eigenvalue weighted by molar-refractivity contribution is -0.928. The topological polar surface area (TPSA) is 46.9 Å². The van der Waals surface area contributed by atoms with Gasteiger partial charge in [-0.3, -0.25) is 9.69 Å². The third-order valence-electron chi connectivity index (χ3n) is 4.26. The standard InChI is InChI=1S/C18H21Cl2N3O2S/c1-11-7-22(8-12(2)25-11)9-14-10-26-18(21-14)23(13(3)24)15-4-5-16(19)17(20)6-15/h4-6,10-12H,7-9H2,1-3H3/p+1/t11-,12+. The lowest BCUT2D eigenvalue weighted by Gasteiger charge is -2.31. The predicted octanol–water partition coefficient (Wildman–Crippen LogP) is 3.33. The van der Waals surface area contributed by atoms with Crippen LogP contribution in [0.15, 0.2) is 23.6 Å². The highest BCUT2D eigenvalue weighted by Crippen LogP contribution is 2.33. The van der Waals surface area contributed by atoms with E-state index in [2.05, 4.69) is 13.8 Å². The molecule has 2 aromatic rings. The molecule has 0 spiro atoms. The molecule has 1 fully saturated rings. The van der Waals surface area contributed by atoms with Crippen LogP contribution in [0.4, 0.5) is 10.8 Å². The first kappa shape index (κ1) is 19.6. The molecule has 1 saturated heterocycles. The summed E-state index contributed by atoms with van der Waals surface area (Å²) in [5.41, 5.74) is 1.64. The van der Waals surface area contributed by atoms with Gasteiger partial charge in [-0.2, -0.15) is 0 Å². The fourth-order valence-corrected chi connectivity index (χ4v) is 4.50. The summed E-state index contributed by atoms with van der Waals surface area (Å²) in [5, 5.41) is 3.52. The molecule has 26 heavy (non-hydrogen) atoms. The van der Waals surface area contributed by atoms with E-state index < -0.39 is 0 Å². The molecule has 2 heterocycles. The van der Waals surface area contributed by atoms with Gasteiger partial charge in [0.05, 0.1) is 15.7 Å². The number of nitrogens with zero attached hydrogens (tertiary/aromatic N) is 2. The molecular weight excluding hydrogens is 393 g/mol. The molecule has 1 N–H and O–H groups in total. The summed E-state index contributed by atoms with van der Waals surface area (Å²) < 4.78 is 5.79. The Morgan fingerprint density at radius 2 is 2.00 bits per heavy atom. The number of hydrogen-bond donors (Lipinski definition) is 1. The van der Waals surface area contributed by atoms with Crippen molar-refractivity contribution in [3.05, 3.63) is 39.3 Å². The lowest BCUT2D eigenvalue weighted by Crippen LogP contribution is -3.14. The molecule has 1 unspecified atom stereocenters. The number of anilines is 2. The van der Waals surface area contributed by atoms with Crippen LogP contribution < -0.4 is 9.80 Å². The van der Waals surface area contributed by atoms with Gasteiger partial charge in [0.25, 0.3) is 0 Å². The largest absolute Gasteiger partial charge is 0.364 e. The van der Waals surface area contributed by atoms with E-state index in [1.807, 2.05) is 5.38 Å². The lowest BCUT2D eigenvalue weighted by atomic mass is 10.2. The Kier molecular flexibility index (Phi) is 6.20. The van der Waals surface area contributed by atoms with E-state index in [4.69, 9.17) is 32.9 Å². The summed E-state index contributed by atoms with van der Waals surface area (Å²) in [6.07, 6.45) is 0.494.